The molecule has 0 heterocycles. The molecule has 7 nitrogen and oxygen atoms in total. The van der Waals surface area contributed by atoms with Gasteiger partial charge in [0.25, 0.3) is 5.91 Å². The summed E-state index contributed by atoms with van der Waals surface area (Å²) in [5.41, 5.74) is 5.15. The Morgan fingerprint density at radius 2 is 1.47 bits per heavy atom. The van der Waals surface area contributed by atoms with Crippen LogP contribution >= 0.6 is 11.6 Å². The van der Waals surface area contributed by atoms with E-state index in [1.54, 1.807) is 19.1 Å². The van der Waals surface area contributed by atoms with Gasteiger partial charge in [0.15, 0.2) is 0 Å². The van der Waals surface area contributed by atoms with Gasteiger partial charge < -0.3 is 14.8 Å². The normalized spacial score (nSPS) is 11.1. The molecule has 2 N–H and O–H groups in total. The Morgan fingerprint density at radius 1 is 0.912 bits per heavy atom. The minimum absolute atomic E-state index is 0.0320. The zero-order valence-corrected chi connectivity index (χ0v) is 19.9. The number of methoxy groups -OCH3 is 2. The summed E-state index contributed by atoms with van der Waals surface area (Å²) in [7, 11) is 2.96. The monoisotopic (exact) mass is 479 g/mol. The number of halogens is 1. The van der Waals surface area contributed by atoms with E-state index in [4.69, 9.17) is 21.1 Å². The maximum absolute atomic E-state index is 13.0. The highest BCUT2D eigenvalue weighted by Crippen LogP contribution is 2.35. The fraction of sp³-hybridized carbons (Fsp3) is 0.192. The third-order valence-corrected chi connectivity index (χ3v) is 5.34. The van der Waals surface area contributed by atoms with Gasteiger partial charge >= 0.3 is 0 Å². The van der Waals surface area contributed by atoms with Crippen LogP contribution in [0.1, 0.15) is 30.4 Å². The Bertz CT molecular complexity index is 1130. The van der Waals surface area contributed by atoms with Crippen molar-refractivity contribution in [2.75, 3.05) is 19.5 Å². The van der Waals surface area contributed by atoms with Crippen molar-refractivity contribution >= 4 is 34.8 Å². The van der Waals surface area contributed by atoms with E-state index in [1.165, 1.54) is 14.2 Å². The molecule has 0 fully saturated rings. The third-order valence-electron chi connectivity index (χ3n) is 5.05. The number of carbonyl (C=O) groups excluding carboxylic acids is 2. The Kier molecular flexibility index (Phi) is 8.65. The summed E-state index contributed by atoms with van der Waals surface area (Å²) in [5.74, 6) is -0.348. The van der Waals surface area contributed by atoms with Crippen molar-refractivity contribution in [1.82, 2.24) is 5.43 Å². The third kappa shape index (κ3) is 6.36. The predicted molar refractivity (Wildman–Crippen MR) is 134 cm³/mol. The van der Waals surface area contributed by atoms with E-state index in [0.717, 1.165) is 11.1 Å². The Hall–Kier alpha value is -3.84. The first-order valence-electron chi connectivity index (χ1n) is 10.6. The van der Waals surface area contributed by atoms with Crippen LogP contribution in [0, 0.1) is 0 Å². The number of hydrogen-bond acceptors (Lipinski definition) is 5. The zero-order chi connectivity index (χ0) is 24.5. The number of hydrazone groups is 1. The summed E-state index contributed by atoms with van der Waals surface area (Å²) in [6.07, 6.45) is -0.0320. The highest BCUT2D eigenvalue weighted by Gasteiger charge is 2.22. The topological polar surface area (TPSA) is 89.0 Å². The van der Waals surface area contributed by atoms with Gasteiger partial charge in [-0.3, -0.25) is 9.59 Å². The molecule has 0 bridgehead atoms. The molecule has 0 spiro atoms. The summed E-state index contributed by atoms with van der Waals surface area (Å²) in [4.78, 5) is 25.6. The van der Waals surface area contributed by atoms with Gasteiger partial charge in [0.2, 0.25) is 5.91 Å². The molecule has 0 saturated carbocycles. The number of ether oxygens (including phenoxy) is 2. The van der Waals surface area contributed by atoms with Crippen LogP contribution in [0.2, 0.25) is 5.02 Å². The lowest BCUT2D eigenvalue weighted by atomic mass is 9.91. The molecule has 0 atom stereocenters. The Labute approximate surface area is 203 Å². The molecular weight excluding hydrogens is 454 g/mol. The standard InChI is InChI=1S/C26H26ClN3O4/c1-17(14-24(31)28-21-16-22(33-2)20(27)15-23(21)34-3)29-30-26(32)25(18-10-6-4-7-11-18)19-12-8-5-9-13-19/h4-13,15-16,25H,14H2,1-3H3,(H,28,31)(H,30,32)/b29-17+. The molecule has 0 aliphatic rings. The van der Waals surface area contributed by atoms with Crippen molar-refractivity contribution in [1.29, 1.82) is 0 Å². The van der Waals surface area contributed by atoms with Gasteiger partial charge in [-0.25, -0.2) is 5.43 Å². The van der Waals surface area contributed by atoms with E-state index < -0.39 is 5.92 Å². The van der Waals surface area contributed by atoms with Gasteiger partial charge in [0.05, 0.1) is 37.3 Å². The summed E-state index contributed by atoms with van der Waals surface area (Å²) >= 11 is 6.11. The van der Waals surface area contributed by atoms with E-state index in [9.17, 15) is 9.59 Å². The summed E-state index contributed by atoms with van der Waals surface area (Å²) < 4.78 is 10.5. The fourth-order valence-corrected chi connectivity index (χ4v) is 3.66. The molecular formula is C26H26ClN3O4. The van der Waals surface area contributed by atoms with E-state index in [2.05, 4.69) is 15.8 Å². The number of nitrogens with one attached hydrogen (secondary N) is 2. The van der Waals surface area contributed by atoms with Crippen molar-refractivity contribution in [3.05, 3.63) is 88.9 Å². The maximum Gasteiger partial charge on any atom is 0.252 e. The van der Waals surface area contributed by atoms with Gasteiger partial charge in [0.1, 0.15) is 11.5 Å². The molecule has 0 aromatic heterocycles. The molecule has 0 aliphatic heterocycles. The first-order valence-corrected chi connectivity index (χ1v) is 10.9. The van der Waals surface area contributed by atoms with Gasteiger partial charge in [-0.2, -0.15) is 5.10 Å². The lowest BCUT2D eigenvalue weighted by molar-refractivity contribution is -0.121. The largest absolute Gasteiger partial charge is 0.495 e. The molecule has 3 rings (SSSR count). The van der Waals surface area contributed by atoms with Crippen LogP contribution < -0.4 is 20.2 Å². The number of benzene rings is 3. The first kappa shape index (κ1) is 24.8. The summed E-state index contributed by atoms with van der Waals surface area (Å²) in [5, 5.41) is 7.27. The smallest absolute Gasteiger partial charge is 0.252 e. The molecule has 3 aromatic rings. The Balaban J connectivity index is 1.69. The minimum atomic E-state index is -0.529. The number of amides is 2. The number of anilines is 1. The molecule has 0 radical (unpaired) electrons. The number of nitrogens with zero attached hydrogens (tertiary/aromatic N) is 1. The van der Waals surface area contributed by atoms with Crippen molar-refractivity contribution in [2.45, 2.75) is 19.3 Å². The molecule has 2 amide bonds. The quantitative estimate of drug-likeness (QED) is 0.333. The molecule has 8 heteroatoms. The predicted octanol–water partition coefficient (Wildman–Crippen LogP) is 5.01. The van der Waals surface area contributed by atoms with Crippen LogP contribution in [0.25, 0.3) is 0 Å². The SMILES string of the molecule is COc1cc(NC(=O)C/C(C)=N/NC(=O)C(c2ccccc2)c2ccccc2)c(OC)cc1Cl. The number of rotatable bonds is 9. The lowest BCUT2D eigenvalue weighted by Gasteiger charge is -2.16. The Morgan fingerprint density at radius 3 is 2.00 bits per heavy atom. The molecule has 3 aromatic carbocycles. The highest BCUT2D eigenvalue weighted by molar-refractivity contribution is 6.32. The van der Waals surface area contributed by atoms with Crippen molar-refractivity contribution < 1.29 is 19.1 Å². The number of hydrogen-bond donors (Lipinski definition) is 2. The summed E-state index contributed by atoms with van der Waals surface area (Å²) in [6, 6.07) is 22.1. The van der Waals surface area contributed by atoms with Crippen LogP contribution in [-0.4, -0.2) is 31.7 Å². The van der Waals surface area contributed by atoms with Crippen molar-refractivity contribution in [3.63, 3.8) is 0 Å². The second-order valence-electron chi connectivity index (χ2n) is 7.49. The van der Waals surface area contributed by atoms with Gasteiger partial charge in [0, 0.05) is 17.8 Å². The maximum atomic E-state index is 13.0. The zero-order valence-electron chi connectivity index (χ0n) is 19.2. The van der Waals surface area contributed by atoms with Crippen molar-refractivity contribution in [3.8, 4) is 11.5 Å². The molecule has 0 aliphatic carbocycles. The minimum Gasteiger partial charge on any atom is -0.495 e. The van der Waals surface area contributed by atoms with E-state index >= 15 is 0 Å². The van der Waals surface area contributed by atoms with Gasteiger partial charge in [-0.1, -0.05) is 72.3 Å². The van der Waals surface area contributed by atoms with Crippen LogP contribution in [0.5, 0.6) is 11.5 Å². The van der Waals surface area contributed by atoms with Crippen LogP contribution in [0.4, 0.5) is 5.69 Å². The number of carbonyl (C=O) groups is 2. The van der Waals surface area contributed by atoms with Gasteiger partial charge in [-0.05, 0) is 18.1 Å². The van der Waals surface area contributed by atoms with E-state index in [1.807, 2.05) is 60.7 Å². The fourth-order valence-electron chi connectivity index (χ4n) is 3.43. The van der Waals surface area contributed by atoms with E-state index in [-0.39, 0.29) is 18.2 Å². The average molecular weight is 480 g/mol. The molecule has 34 heavy (non-hydrogen) atoms. The molecule has 0 unspecified atom stereocenters. The van der Waals surface area contributed by atoms with Crippen LogP contribution in [0.15, 0.2) is 77.9 Å². The van der Waals surface area contributed by atoms with Crippen LogP contribution in [-0.2, 0) is 9.59 Å². The average Bonchev–Trinajstić information content (AvgIpc) is 2.85. The van der Waals surface area contributed by atoms with Gasteiger partial charge in [-0.15, -0.1) is 0 Å². The first-order chi connectivity index (χ1) is 16.4. The summed E-state index contributed by atoms with van der Waals surface area (Å²) in [6.45, 7) is 1.67. The highest BCUT2D eigenvalue weighted by atomic mass is 35.5. The second-order valence-corrected chi connectivity index (χ2v) is 7.90. The van der Waals surface area contributed by atoms with Crippen molar-refractivity contribution in [2.24, 2.45) is 5.10 Å². The lowest BCUT2D eigenvalue weighted by Crippen LogP contribution is -2.27. The molecule has 176 valence electrons. The molecule has 0 saturated heterocycles. The van der Waals surface area contributed by atoms with Crippen LogP contribution in [0.3, 0.4) is 0 Å². The van der Waals surface area contributed by atoms with E-state index in [0.29, 0.717) is 27.9 Å². The second kappa shape index (κ2) is 11.9.